The lowest BCUT2D eigenvalue weighted by Gasteiger charge is -2.31. The molecule has 20 nitrogen and oxygen atoms in total. The number of fused-ring (bicyclic) bond motifs is 3. The Morgan fingerprint density at radius 3 is 1.59 bits per heavy atom. The number of imide groups is 2. The number of H-pyrrole nitrogens is 1. The highest BCUT2D eigenvalue weighted by molar-refractivity contribution is 7.89. The number of hydrogen-bond acceptors (Lipinski definition) is 16. The molecule has 12 rings (SSSR count). The van der Waals surface area contributed by atoms with E-state index in [-0.39, 0.29) is 85.3 Å². The van der Waals surface area contributed by atoms with Gasteiger partial charge < -0.3 is 28.8 Å². The molecular weight excluding hydrogens is 1000 g/mol. The summed E-state index contributed by atoms with van der Waals surface area (Å²) in [5.74, 6) is 1.60. The molecule has 0 bridgehead atoms. The second-order valence-corrected chi connectivity index (χ2v) is 19.9. The highest BCUT2D eigenvalue weighted by atomic mass is 35.5. The van der Waals surface area contributed by atoms with Gasteiger partial charge in [0, 0.05) is 6.54 Å². The zero-order valence-corrected chi connectivity index (χ0v) is 41.8. The molecule has 4 aliphatic rings. The van der Waals surface area contributed by atoms with E-state index in [1.165, 1.54) is 20.5 Å². The molecule has 0 aliphatic carbocycles. The van der Waals surface area contributed by atoms with Gasteiger partial charge in [0.05, 0.1) is 58.5 Å². The number of imidazole rings is 1. The lowest BCUT2D eigenvalue weighted by atomic mass is 10.0. The quantitative estimate of drug-likeness (QED) is 0.0982. The van der Waals surface area contributed by atoms with Crippen LogP contribution in [0.25, 0.3) is 11.0 Å². The second kappa shape index (κ2) is 21.8. The van der Waals surface area contributed by atoms with Crippen LogP contribution < -0.4 is 14.8 Å². The third-order valence-corrected chi connectivity index (χ3v) is 15.0. The van der Waals surface area contributed by atoms with Crippen LogP contribution in [-0.2, 0) is 36.3 Å². The fraction of sp³-hybridized carbons (Fsp3) is 0.264. The third-order valence-electron chi connectivity index (χ3n) is 13.3. The Morgan fingerprint density at radius 2 is 1.07 bits per heavy atom. The van der Waals surface area contributed by atoms with E-state index in [0.717, 1.165) is 36.9 Å². The number of benzene rings is 5. The molecule has 7 heterocycles. The maximum atomic E-state index is 13.6. The molecule has 2 saturated heterocycles. The zero-order chi connectivity index (χ0) is 50.8. The van der Waals surface area contributed by atoms with Crippen molar-refractivity contribution >= 4 is 57.1 Å². The van der Waals surface area contributed by atoms with Gasteiger partial charge in [0.1, 0.15) is 11.5 Å². The molecule has 2 N–H and O–H groups in total. The van der Waals surface area contributed by atoms with E-state index in [2.05, 4.69) is 35.6 Å². The molecule has 0 radical (unpaired) electrons. The molecule has 0 spiro atoms. The number of ether oxygens (including phenoxy) is 2. The molecule has 4 aliphatic heterocycles. The molecule has 4 amide bonds. The minimum Gasteiger partial charge on any atom is -0.484 e. The van der Waals surface area contributed by atoms with Gasteiger partial charge in [-0.2, -0.15) is 14.3 Å². The van der Waals surface area contributed by atoms with Gasteiger partial charge in [-0.05, 0) is 104 Å². The fourth-order valence-electron chi connectivity index (χ4n) is 9.42. The molecule has 0 saturated carbocycles. The Hall–Kier alpha value is -8.11. The van der Waals surface area contributed by atoms with Crippen LogP contribution in [0.2, 0.25) is 0 Å². The van der Waals surface area contributed by atoms with Crippen LogP contribution in [0, 0.1) is 0 Å². The summed E-state index contributed by atoms with van der Waals surface area (Å²) in [7, 11) is -3.93. The summed E-state index contributed by atoms with van der Waals surface area (Å²) in [6.45, 7) is 1.81. The van der Waals surface area contributed by atoms with Gasteiger partial charge in [-0.1, -0.05) is 83.8 Å². The maximum absolute atomic E-state index is 13.6. The summed E-state index contributed by atoms with van der Waals surface area (Å²) >= 11 is 0. The molecule has 0 unspecified atom stereocenters. The SMILES string of the molecule is Cl.O=C1c2ccccc2C(=O)N1Cc1ccc(OCc2nc([C@@H]3CCCCN3)no2)cc1.O=C1c2ccccc2C(=O)N1Cc1ccc(OCc2nc([C@@H]3CCCCN3S(=O)(=O)c3nc4ccccc4[nH]3)no2)cc1. The predicted octanol–water partition coefficient (Wildman–Crippen LogP) is 7.92. The Bertz CT molecular complexity index is 3400. The van der Waals surface area contributed by atoms with Gasteiger partial charge in [0.15, 0.2) is 24.9 Å². The van der Waals surface area contributed by atoms with Crippen LogP contribution in [0.1, 0.15) is 127 Å². The van der Waals surface area contributed by atoms with Crippen molar-refractivity contribution < 1.29 is 46.1 Å². The molecule has 384 valence electrons. The van der Waals surface area contributed by atoms with Crippen LogP contribution in [0.5, 0.6) is 11.5 Å². The molecule has 2 atom stereocenters. The summed E-state index contributed by atoms with van der Waals surface area (Å²) in [5.41, 5.74) is 4.56. The number of aromatic nitrogens is 6. The van der Waals surface area contributed by atoms with Crippen LogP contribution in [0.4, 0.5) is 0 Å². The van der Waals surface area contributed by atoms with Gasteiger partial charge in [0.2, 0.25) is 5.16 Å². The predicted molar refractivity (Wildman–Crippen MR) is 270 cm³/mol. The number of hydrogen-bond donors (Lipinski definition) is 2. The van der Waals surface area contributed by atoms with Gasteiger partial charge in [-0.15, -0.1) is 12.4 Å². The van der Waals surface area contributed by atoms with Crippen LogP contribution in [-0.4, -0.2) is 89.5 Å². The van der Waals surface area contributed by atoms with Crippen molar-refractivity contribution in [2.45, 2.75) is 82.1 Å². The molecular formula is C53H49ClN10O10S. The van der Waals surface area contributed by atoms with Crippen molar-refractivity contribution in [3.8, 4) is 11.5 Å². The topological polar surface area (TPSA) is 249 Å². The Morgan fingerprint density at radius 1 is 0.573 bits per heavy atom. The first-order valence-electron chi connectivity index (χ1n) is 24.3. The minimum atomic E-state index is -3.93. The van der Waals surface area contributed by atoms with E-state index in [0.29, 0.717) is 75.9 Å². The van der Waals surface area contributed by atoms with E-state index in [1.807, 2.05) is 18.2 Å². The lowest BCUT2D eigenvalue weighted by Crippen LogP contribution is -2.39. The highest BCUT2D eigenvalue weighted by Gasteiger charge is 2.40. The number of carbonyl (C=O) groups excluding carboxylic acids is 4. The molecule has 2 fully saturated rings. The van der Waals surface area contributed by atoms with E-state index in [1.54, 1.807) is 103 Å². The summed E-state index contributed by atoms with van der Waals surface area (Å²) in [4.78, 5) is 68.9. The van der Waals surface area contributed by atoms with Crippen molar-refractivity contribution in [3.63, 3.8) is 0 Å². The average molecular weight is 1050 g/mol. The van der Waals surface area contributed by atoms with Crippen molar-refractivity contribution in [1.29, 1.82) is 0 Å². The normalized spacial score (nSPS) is 17.6. The molecule has 8 aromatic rings. The molecule has 5 aromatic carbocycles. The second-order valence-electron chi connectivity index (χ2n) is 18.1. The maximum Gasteiger partial charge on any atom is 0.277 e. The Balaban J connectivity index is 0.000000178. The highest BCUT2D eigenvalue weighted by Crippen LogP contribution is 2.35. The molecule has 75 heavy (non-hydrogen) atoms. The largest absolute Gasteiger partial charge is 0.484 e. The first-order valence-corrected chi connectivity index (χ1v) is 25.7. The summed E-state index contributed by atoms with van der Waals surface area (Å²) in [5, 5.41) is 11.4. The van der Waals surface area contributed by atoms with Crippen LogP contribution in [0.3, 0.4) is 0 Å². The Labute approximate surface area is 435 Å². The number of halogens is 1. The van der Waals surface area contributed by atoms with Gasteiger partial charge in [-0.25, -0.2) is 13.4 Å². The number of para-hydroxylation sites is 2. The van der Waals surface area contributed by atoms with E-state index >= 15 is 0 Å². The zero-order valence-electron chi connectivity index (χ0n) is 40.2. The summed E-state index contributed by atoms with van der Waals surface area (Å²) < 4.78 is 50.8. The number of amides is 4. The van der Waals surface area contributed by atoms with Crippen molar-refractivity contribution in [2.75, 3.05) is 13.1 Å². The lowest BCUT2D eigenvalue weighted by molar-refractivity contribution is 0.0627. The number of sulfonamides is 1. The average Bonchev–Trinajstić information content (AvgIpc) is 4.30. The van der Waals surface area contributed by atoms with E-state index < -0.39 is 16.1 Å². The smallest absolute Gasteiger partial charge is 0.277 e. The van der Waals surface area contributed by atoms with Gasteiger partial charge in [-0.3, -0.25) is 29.0 Å². The molecule has 22 heteroatoms. The number of carbonyl (C=O) groups is 4. The first-order chi connectivity index (χ1) is 36.1. The molecule has 3 aromatic heterocycles. The standard InChI is InChI=1S/C30H26N6O6S.C23H22N4O4.ClH/c37-28-21-7-1-2-8-22(21)29(38)35(28)17-19-12-14-20(15-13-19)41-18-26-33-27(34-42-26)25-11-5-6-16-36(25)43(39,40)30-31-23-9-3-4-10-24(23)32-30;28-22-17-5-1-2-6-18(17)23(29)27(22)13-15-8-10-16(11-9-15)30-14-20-25-21(26-31-20)19-7-3-4-12-24-19;/h1-4,7-10,12-15,25H,5-6,11,16-18H2,(H,31,32);1-2,5-6,8-11,19,24H,3-4,7,12-14H2;1H/t25-;19-;/m00./s1. The van der Waals surface area contributed by atoms with Gasteiger partial charge >= 0.3 is 0 Å². The van der Waals surface area contributed by atoms with Gasteiger partial charge in [0.25, 0.3) is 45.4 Å². The number of rotatable bonds is 14. The fourth-order valence-corrected chi connectivity index (χ4v) is 11.0. The van der Waals surface area contributed by atoms with Crippen molar-refractivity contribution in [2.24, 2.45) is 0 Å². The van der Waals surface area contributed by atoms with E-state index in [9.17, 15) is 27.6 Å². The van der Waals surface area contributed by atoms with E-state index in [4.69, 9.17) is 18.5 Å². The number of aromatic amines is 1. The van der Waals surface area contributed by atoms with Crippen LogP contribution >= 0.6 is 12.4 Å². The van der Waals surface area contributed by atoms with Crippen molar-refractivity contribution in [1.82, 2.24) is 49.7 Å². The third kappa shape index (κ3) is 10.5. The minimum absolute atomic E-state index is 0. The first kappa shape index (κ1) is 50.4. The number of nitrogens with one attached hydrogen (secondary N) is 2. The van der Waals surface area contributed by atoms with Crippen LogP contribution in [0.15, 0.2) is 136 Å². The number of piperidine rings is 2. The Kier molecular flexibility index (Phi) is 14.6. The number of nitrogens with zero attached hydrogens (tertiary/aromatic N) is 8. The summed E-state index contributed by atoms with van der Waals surface area (Å²) in [6.07, 6.45) is 5.43. The van der Waals surface area contributed by atoms with Crippen molar-refractivity contribution in [3.05, 3.63) is 178 Å². The monoisotopic (exact) mass is 1050 g/mol. The summed E-state index contributed by atoms with van der Waals surface area (Å²) in [6, 6.07) is 34.7.